The number of pyridine rings is 2. The number of hydrogen-bond acceptors (Lipinski definition) is 6. The zero-order valence-corrected chi connectivity index (χ0v) is 20.2. The molecule has 0 bridgehead atoms. The molecular weight excluding hydrogens is 459 g/mol. The van der Waals surface area contributed by atoms with Crippen LogP contribution in [-0.2, 0) is 17.8 Å². The average molecular weight is 487 g/mol. The fourth-order valence-electron chi connectivity index (χ4n) is 5.11. The van der Waals surface area contributed by atoms with Crippen LogP contribution in [0.5, 0.6) is 0 Å². The number of aromatic nitrogens is 3. The lowest BCUT2D eigenvalue weighted by atomic mass is 9.99. The van der Waals surface area contributed by atoms with Crippen LogP contribution in [0.25, 0.3) is 16.9 Å². The van der Waals surface area contributed by atoms with Gasteiger partial charge in [-0.05, 0) is 50.7 Å². The Bertz CT molecular complexity index is 1470. The second-order valence-electron chi connectivity index (χ2n) is 9.51. The van der Waals surface area contributed by atoms with Crippen LogP contribution in [0.3, 0.4) is 0 Å². The van der Waals surface area contributed by atoms with Crippen molar-refractivity contribution in [3.63, 3.8) is 0 Å². The summed E-state index contributed by atoms with van der Waals surface area (Å²) in [5.41, 5.74) is 6.43. The summed E-state index contributed by atoms with van der Waals surface area (Å²) in [6.07, 6.45) is 5.50. The molecule has 8 nitrogen and oxygen atoms in total. The summed E-state index contributed by atoms with van der Waals surface area (Å²) in [6.45, 7) is 1.88. The van der Waals surface area contributed by atoms with Crippen LogP contribution in [0.1, 0.15) is 46.1 Å². The molecule has 0 spiro atoms. The van der Waals surface area contributed by atoms with Crippen molar-refractivity contribution in [1.82, 2.24) is 24.6 Å². The molecule has 2 N–H and O–H groups in total. The Labute approximate surface area is 208 Å². The van der Waals surface area contributed by atoms with Crippen LogP contribution in [0.4, 0.5) is 15.9 Å². The minimum absolute atomic E-state index is 0.0785. The maximum absolute atomic E-state index is 13.7. The SMILES string of the molecule is CN(C)Cc1nc(Nc2ccc(-c3cnc4cc(F)ccn34)c3c2C(=O)NC3)ccc1[C@@H]1CCCO1. The molecule has 1 fully saturated rings. The minimum Gasteiger partial charge on any atom is -0.373 e. The van der Waals surface area contributed by atoms with Crippen molar-refractivity contribution < 1.29 is 13.9 Å². The molecule has 3 aromatic heterocycles. The summed E-state index contributed by atoms with van der Waals surface area (Å²) < 4.78 is 21.4. The lowest BCUT2D eigenvalue weighted by Crippen LogP contribution is -2.16. The second kappa shape index (κ2) is 9.00. The summed E-state index contributed by atoms with van der Waals surface area (Å²) in [4.78, 5) is 24.2. The summed E-state index contributed by atoms with van der Waals surface area (Å²) >= 11 is 0. The van der Waals surface area contributed by atoms with E-state index in [2.05, 4.69) is 26.6 Å². The van der Waals surface area contributed by atoms with Gasteiger partial charge >= 0.3 is 0 Å². The molecule has 2 aliphatic rings. The summed E-state index contributed by atoms with van der Waals surface area (Å²) in [5, 5.41) is 6.32. The zero-order valence-electron chi connectivity index (χ0n) is 20.2. The number of carbonyl (C=O) groups is 1. The molecule has 184 valence electrons. The highest BCUT2D eigenvalue weighted by molar-refractivity contribution is 6.06. The highest BCUT2D eigenvalue weighted by Gasteiger charge is 2.28. The molecule has 0 saturated carbocycles. The number of nitrogens with zero attached hydrogens (tertiary/aromatic N) is 4. The molecule has 0 aliphatic carbocycles. The third-order valence-corrected chi connectivity index (χ3v) is 6.73. The van der Waals surface area contributed by atoms with Crippen molar-refractivity contribution in [2.45, 2.75) is 32.0 Å². The lowest BCUT2D eigenvalue weighted by molar-refractivity contribution is 0.0966. The van der Waals surface area contributed by atoms with Crippen molar-refractivity contribution >= 4 is 23.1 Å². The highest BCUT2D eigenvalue weighted by atomic mass is 19.1. The molecule has 0 radical (unpaired) electrons. The third-order valence-electron chi connectivity index (χ3n) is 6.73. The fraction of sp³-hybridized carbons (Fsp3) is 0.296. The Morgan fingerprint density at radius 3 is 2.94 bits per heavy atom. The van der Waals surface area contributed by atoms with E-state index < -0.39 is 0 Å². The molecular formula is C27H27FN6O2. The standard InChI is InChI=1S/C27H27FN6O2/c1-33(2)15-21-18(23-4-3-11-36-23)6-8-24(32-21)31-20-7-5-17(19-13-30-27(35)26(19)20)22-14-29-25-12-16(28)9-10-34(22)25/h5-10,12,14,23H,3-4,11,13,15H2,1-2H3,(H,30,35)(H,31,32)/t23-/m0/s1. The number of nitrogens with one attached hydrogen (secondary N) is 2. The Hall–Kier alpha value is -3.82. The maximum atomic E-state index is 13.7. The predicted molar refractivity (Wildman–Crippen MR) is 135 cm³/mol. The predicted octanol–water partition coefficient (Wildman–Crippen LogP) is 4.44. The largest absolute Gasteiger partial charge is 0.373 e. The topological polar surface area (TPSA) is 83.8 Å². The van der Waals surface area contributed by atoms with Crippen LogP contribution in [0.2, 0.25) is 0 Å². The Kier molecular flexibility index (Phi) is 5.66. The summed E-state index contributed by atoms with van der Waals surface area (Å²) in [6, 6.07) is 10.7. The van der Waals surface area contributed by atoms with E-state index in [1.165, 1.54) is 12.1 Å². The van der Waals surface area contributed by atoms with Crippen LogP contribution in [-0.4, -0.2) is 45.9 Å². The number of amides is 1. The summed E-state index contributed by atoms with van der Waals surface area (Å²) in [7, 11) is 4.04. The van der Waals surface area contributed by atoms with Gasteiger partial charge in [-0.25, -0.2) is 14.4 Å². The second-order valence-corrected chi connectivity index (χ2v) is 9.51. The zero-order chi connectivity index (χ0) is 24.8. The van der Waals surface area contributed by atoms with E-state index >= 15 is 0 Å². The van der Waals surface area contributed by atoms with Gasteiger partial charge in [0, 0.05) is 43.1 Å². The van der Waals surface area contributed by atoms with Crippen molar-refractivity contribution in [1.29, 1.82) is 0 Å². The molecule has 5 heterocycles. The molecule has 1 aromatic carbocycles. The molecule has 4 aromatic rings. The Balaban J connectivity index is 1.38. The molecule has 0 unspecified atom stereocenters. The van der Waals surface area contributed by atoms with Crippen LogP contribution in [0, 0.1) is 5.82 Å². The van der Waals surface area contributed by atoms with E-state index in [1.807, 2.05) is 36.7 Å². The van der Waals surface area contributed by atoms with E-state index in [-0.39, 0.29) is 17.8 Å². The van der Waals surface area contributed by atoms with Crippen molar-refractivity contribution in [3.05, 3.63) is 77.0 Å². The van der Waals surface area contributed by atoms with Crippen LogP contribution < -0.4 is 10.6 Å². The van der Waals surface area contributed by atoms with Gasteiger partial charge in [-0.15, -0.1) is 0 Å². The molecule has 6 rings (SSSR count). The van der Waals surface area contributed by atoms with Gasteiger partial charge in [-0.1, -0.05) is 12.1 Å². The first kappa shape index (κ1) is 22.6. The van der Waals surface area contributed by atoms with E-state index in [0.717, 1.165) is 47.5 Å². The van der Waals surface area contributed by atoms with Gasteiger partial charge in [0.15, 0.2) is 0 Å². The van der Waals surface area contributed by atoms with Crippen molar-refractivity contribution in [2.24, 2.45) is 0 Å². The van der Waals surface area contributed by atoms with Crippen molar-refractivity contribution in [2.75, 3.05) is 26.0 Å². The number of rotatable bonds is 6. The van der Waals surface area contributed by atoms with E-state index in [4.69, 9.17) is 9.72 Å². The van der Waals surface area contributed by atoms with Crippen molar-refractivity contribution in [3.8, 4) is 11.3 Å². The highest BCUT2D eigenvalue weighted by Crippen LogP contribution is 2.36. The monoisotopic (exact) mass is 486 g/mol. The number of carbonyl (C=O) groups excluding carboxylic acids is 1. The van der Waals surface area contributed by atoms with Gasteiger partial charge < -0.3 is 20.3 Å². The number of hydrogen-bond donors (Lipinski definition) is 2. The molecule has 1 atom stereocenters. The molecule has 1 saturated heterocycles. The normalized spacial score (nSPS) is 17.1. The van der Waals surface area contributed by atoms with Gasteiger partial charge in [-0.3, -0.25) is 9.20 Å². The first-order valence-electron chi connectivity index (χ1n) is 12.1. The van der Waals surface area contributed by atoms with Gasteiger partial charge in [-0.2, -0.15) is 0 Å². The van der Waals surface area contributed by atoms with E-state index in [0.29, 0.717) is 35.8 Å². The van der Waals surface area contributed by atoms with E-state index in [1.54, 1.807) is 12.4 Å². The fourth-order valence-corrected chi connectivity index (χ4v) is 5.11. The lowest BCUT2D eigenvalue weighted by Gasteiger charge is -2.19. The molecule has 1 amide bonds. The number of ether oxygens (including phenoxy) is 1. The minimum atomic E-state index is -0.340. The number of anilines is 2. The van der Waals surface area contributed by atoms with Gasteiger partial charge in [0.05, 0.1) is 34.9 Å². The first-order valence-corrected chi connectivity index (χ1v) is 12.1. The van der Waals surface area contributed by atoms with Crippen LogP contribution in [0.15, 0.2) is 48.8 Å². The number of imidazole rings is 1. The first-order chi connectivity index (χ1) is 17.5. The Morgan fingerprint density at radius 2 is 2.14 bits per heavy atom. The van der Waals surface area contributed by atoms with Gasteiger partial charge in [0.2, 0.25) is 0 Å². The summed E-state index contributed by atoms with van der Waals surface area (Å²) in [5.74, 6) is 0.195. The number of fused-ring (bicyclic) bond motifs is 2. The smallest absolute Gasteiger partial charge is 0.254 e. The van der Waals surface area contributed by atoms with E-state index in [9.17, 15) is 9.18 Å². The molecule has 9 heteroatoms. The van der Waals surface area contributed by atoms with Gasteiger partial charge in [0.25, 0.3) is 5.91 Å². The van der Waals surface area contributed by atoms with Crippen LogP contribution >= 0.6 is 0 Å². The third kappa shape index (κ3) is 4.00. The Morgan fingerprint density at radius 1 is 1.25 bits per heavy atom. The van der Waals surface area contributed by atoms with Gasteiger partial charge in [0.1, 0.15) is 17.3 Å². The quantitative estimate of drug-likeness (QED) is 0.419. The number of halogens is 1. The maximum Gasteiger partial charge on any atom is 0.254 e. The number of benzene rings is 1. The molecule has 36 heavy (non-hydrogen) atoms. The molecule has 2 aliphatic heterocycles. The average Bonchev–Trinajstić information content (AvgIpc) is 3.60.